The predicted molar refractivity (Wildman–Crippen MR) is 109 cm³/mol. The third-order valence-corrected chi connectivity index (χ3v) is 6.06. The van der Waals surface area contributed by atoms with Crippen LogP contribution in [-0.4, -0.2) is 34.6 Å². The molecule has 1 aliphatic heterocycles. The highest BCUT2D eigenvalue weighted by atomic mass is 32.2. The Kier molecular flexibility index (Phi) is 6.20. The van der Waals surface area contributed by atoms with Crippen LogP contribution in [-0.2, 0) is 9.53 Å². The second kappa shape index (κ2) is 8.61. The van der Waals surface area contributed by atoms with Crippen molar-refractivity contribution in [1.29, 1.82) is 0 Å². The lowest BCUT2D eigenvalue weighted by Crippen LogP contribution is -2.46. The smallest absolute Gasteiger partial charge is 0.338 e. The first-order chi connectivity index (χ1) is 13.4. The molecule has 148 valence electrons. The van der Waals surface area contributed by atoms with Crippen molar-refractivity contribution in [2.24, 2.45) is 0 Å². The van der Waals surface area contributed by atoms with Gasteiger partial charge in [0.15, 0.2) is 4.34 Å². The third kappa shape index (κ3) is 4.45. The SMILES string of the molecule is CCOC(=O)C1=C(CSc2nnc(N)s2)NC(=O)N[C@@H]1c1ccc(C)cc1C. The number of rotatable bonds is 6. The lowest BCUT2D eigenvalue weighted by Gasteiger charge is -2.30. The maximum absolute atomic E-state index is 12.8. The molecule has 0 aliphatic carbocycles. The van der Waals surface area contributed by atoms with Gasteiger partial charge in [-0.15, -0.1) is 10.2 Å². The van der Waals surface area contributed by atoms with E-state index >= 15 is 0 Å². The molecule has 4 N–H and O–H groups in total. The highest BCUT2D eigenvalue weighted by Crippen LogP contribution is 2.33. The lowest BCUT2D eigenvalue weighted by atomic mass is 9.91. The topological polar surface area (TPSA) is 119 Å². The fraction of sp³-hybridized carbons (Fsp3) is 0.333. The van der Waals surface area contributed by atoms with Gasteiger partial charge in [0.25, 0.3) is 0 Å². The number of benzene rings is 1. The normalized spacial score (nSPS) is 16.5. The van der Waals surface area contributed by atoms with E-state index in [1.165, 1.54) is 23.1 Å². The molecule has 2 heterocycles. The van der Waals surface area contributed by atoms with Crippen molar-refractivity contribution in [2.45, 2.75) is 31.2 Å². The number of aryl methyl sites for hydroxylation is 2. The molecule has 3 rings (SSSR count). The lowest BCUT2D eigenvalue weighted by molar-refractivity contribution is -0.139. The summed E-state index contributed by atoms with van der Waals surface area (Å²) < 4.78 is 5.93. The Morgan fingerprint density at radius 1 is 1.36 bits per heavy atom. The van der Waals surface area contributed by atoms with Crippen LogP contribution in [0.25, 0.3) is 0 Å². The summed E-state index contributed by atoms with van der Waals surface area (Å²) in [7, 11) is 0. The second-order valence-electron chi connectivity index (χ2n) is 6.20. The minimum atomic E-state index is -0.594. The molecule has 0 unspecified atom stereocenters. The summed E-state index contributed by atoms with van der Waals surface area (Å²) in [5, 5.41) is 13.7. The summed E-state index contributed by atoms with van der Waals surface area (Å²) in [5.74, 6) is -0.134. The van der Waals surface area contributed by atoms with Crippen molar-refractivity contribution < 1.29 is 14.3 Å². The zero-order chi connectivity index (χ0) is 20.3. The molecule has 28 heavy (non-hydrogen) atoms. The van der Waals surface area contributed by atoms with E-state index in [1.54, 1.807) is 6.92 Å². The minimum absolute atomic E-state index is 0.239. The zero-order valence-corrected chi connectivity index (χ0v) is 17.4. The monoisotopic (exact) mass is 419 g/mol. The van der Waals surface area contributed by atoms with Crippen molar-refractivity contribution in [3.05, 3.63) is 46.2 Å². The number of nitrogens with one attached hydrogen (secondary N) is 2. The van der Waals surface area contributed by atoms with E-state index in [0.717, 1.165) is 16.7 Å². The van der Waals surface area contributed by atoms with Gasteiger partial charge in [0, 0.05) is 11.4 Å². The second-order valence-corrected chi connectivity index (χ2v) is 8.43. The van der Waals surface area contributed by atoms with Gasteiger partial charge in [-0.1, -0.05) is 46.9 Å². The van der Waals surface area contributed by atoms with Crippen molar-refractivity contribution in [3.8, 4) is 0 Å². The van der Waals surface area contributed by atoms with E-state index in [4.69, 9.17) is 10.5 Å². The van der Waals surface area contributed by atoms with Crippen molar-refractivity contribution in [2.75, 3.05) is 18.1 Å². The van der Waals surface area contributed by atoms with Crippen molar-refractivity contribution in [1.82, 2.24) is 20.8 Å². The molecule has 1 atom stereocenters. The molecule has 10 heteroatoms. The number of anilines is 1. The molecular formula is C18H21N5O3S2. The summed E-state index contributed by atoms with van der Waals surface area (Å²) >= 11 is 2.60. The van der Waals surface area contributed by atoms with Crippen molar-refractivity contribution >= 4 is 40.2 Å². The highest BCUT2D eigenvalue weighted by Gasteiger charge is 2.34. The number of carbonyl (C=O) groups is 2. The molecule has 1 aromatic carbocycles. The quantitative estimate of drug-likeness (QED) is 0.486. The molecule has 2 amide bonds. The third-order valence-electron chi connectivity index (χ3n) is 4.15. The number of ether oxygens (including phenoxy) is 1. The molecule has 0 fully saturated rings. The summed E-state index contributed by atoms with van der Waals surface area (Å²) in [6, 6.07) is 4.94. The standard InChI is InChI=1S/C18H21N5O3S2/c1-4-26-15(24)13-12(8-27-18-23-22-16(19)28-18)20-17(25)21-14(13)11-6-5-9(2)7-10(11)3/h5-7,14H,4,8H2,1-3H3,(H2,19,22)(H2,20,21,25)/t14-/m1/s1. The Morgan fingerprint density at radius 2 is 2.14 bits per heavy atom. The Hall–Kier alpha value is -2.59. The number of hydrogen-bond donors (Lipinski definition) is 3. The van der Waals surface area contributed by atoms with Gasteiger partial charge in [0.2, 0.25) is 5.13 Å². The molecule has 8 nitrogen and oxygen atoms in total. The van der Waals surface area contributed by atoms with Crippen LogP contribution in [0.1, 0.15) is 29.7 Å². The Balaban J connectivity index is 2.00. The maximum atomic E-state index is 12.8. The summed E-state index contributed by atoms with van der Waals surface area (Å²) in [4.78, 5) is 25.1. The fourth-order valence-electron chi connectivity index (χ4n) is 2.98. The molecule has 2 aromatic rings. The van der Waals surface area contributed by atoms with Crippen LogP contribution < -0.4 is 16.4 Å². The predicted octanol–water partition coefficient (Wildman–Crippen LogP) is 2.70. The summed E-state index contributed by atoms with van der Waals surface area (Å²) in [6.07, 6.45) is 0. The first-order valence-electron chi connectivity index (χ1n) is 8.65. The number of carbonyl (C=O) groups excluding carboxylic acids is 2. The number of hydrogen-bond acceptors (Lipinski definition) is 8. The van der Waals surface area contributed by atoms with Gasteiger partial charge in [0.05, 0.1) is 18.2 Å². The van der Waals surface area contributed by atoms with Crippen LogP contribution >= 0.6 is 23.1 Å². The van der Waals surface area contributed by atoms with Crippen molar-refractivity contribution in [3.63, 3.8) is 0 Å². The number of urea groups is 1. The first-order valence-corrected chi connectivity index (χ1v) is 10.5. The van der Waals surface area contributed by atoms with Gasteiger partial charge >= 0.3 is 12.0 Å². The van der Waals surface area contributed by atoms with E-state index in [0.29, 0.717) is 26.5 Å². The molecular weight excluding hydrogens is 398 g/mol. The number of amides is 2. The van der Waals surface area contributed by atoms with Gasteiger partial charge < -0.3 is 21.1 Å². The zero-order valence-electron chi connectivity index (χ0n) is 15.7. The largest absolute Gasteiger partial charge is 0.463 e. The highest BCUT2D eigenvalue weighted by molar-refractivity contribution is 8.01. The first kappa shape index (κ1) is 20.2. The van der Waals surface area contributed by atoms with Gasteiger partial charge in [-0.05, 0) is 31.9 Å². The Morgan fingerprint density at radius 3 is 2.79 bits per heavy atom. The van der Waals surface area contributed by atoms with Crippen LogP contribution in [0.5, 0.6) is 0 Å². The maximum Gasteiger partial charge on any atom is 0.338 e. The van der Waals surface area contributed by atoms with E-state index in [1.807, 2.05) is 32.0 Å². The average molecular weight is 420 g/mol. The Bertz CT molecular complexity index is 941. The van der Waals surface area contributed by atoms with Gasteiger partial charge in [-0.3, -0.25) is 0 Å². The number of nitrogens with two attached hydrogens (primary N) is 1. The number of nitrogens with zero attached hydrogens (tertiary/aromatic N) is 2. The molecule has 1 aromatic heterocycles. The molecule has 0 spiro atoms. The number of aromatic nitrogens is 2. The Labute approximate surface area is 170 Å². The molecule has 0 saturated heterocycles. The van der Waals surface area contributed by atoms with Gasteiger partial charge in [-0.25, -0.2) is 9.59 Å². The van der Waals surface area contributed by atoms with E-state index in [-0.39, 0.29) is 12.6 Å². The summed E-state index contributed by atoms with van der Waals surface area (Å²) in [5.41, 5.74) is 9.44. The van der Waals surface area contributed by atoms with E-state index in [2.05, 4.69) is 20.8 Å². The molecule has 0 bridgehead atoms. The minimum Gasteiger partial charge on any atom is -0.463 e. The average Bonchev–Trinajstić information content (AvgIpc) is 3.05. The molecule has 0 saturated carbocycles. The van der Waals surface area contributed by atoms with E-state index < -0.39 is 12.0 Å². The van der Waals surface area contributed by atoms with Crippen LogP contribution in [0.4, 0.5) is 9.93 Å². The van der Waals surface area contributed by atoms with Gasteiger partial charge in [0.1, 0.15) is 0 Å². The summed E-state index contributed by atoms with van der Waals surface area (Å²) in [6.45, 7) is 5.94. The number of thioether (sulfide) groups is 1. The van der Waals surface area contributed by atoms with Crippen LogP contribution in [0, 0.1) is 13.8 Å². The molecule has 0 radical (unpaired) electrons. The van der Waals surface area contributed by atoms with Crippen LogP contribution in [0.15, 0.2) is 33.8 Å². The van der Waals surface area contributed by atoms with Gasteiger partial charge in [-0.2, -0.15) is 0 Å². The van der Waals surface area contributed by atoms with Crippen LogP contribution in [0.3, 0.4) is 0 Å². The molecule has 1 aliphatic rings. The van der Waals surface area contributed by atoms with Crippen LogP contribution in [0.2, 0.25) is 0 Å². The number of nitrogen functional groups attached to an aromatic ring is 1. The number of esters is 1. The van der Waals surface area contributed by atoms with E-state index in [9.17, 15) is 9.59 Å². The fourth-order valence-corrected chi connectivity index (χ4v) is 4.58.